The van der Waals surface area contributed by atoms with Gasteiger partial charge in [-0.3, -0.25) is 4.68 Å². The molecule has 1 heterocycles. The van der Waals surface area contributed by atoms with Crippen LogP contribution in [0.3, 0.4) is 0 Å². The third kappa shape index (κ3) is 2.43. The number of para-hydroxylation sites is 1. The first kappa shape index (κ1) is 14.1. The van der Waals surface area contributed by atoms with Gasteiger partial charge in [0, 0.05) is 17.5 Å². The molecule has 0 saturated heterocycles. The first-order valence-electron chi connectivity index (χ1n) is 6.96. The largest absolute Gasteiger partial charge is 0.308 e. The normalized spacial score (nSPS) is 12.8. The molecule has 0 amide bonds. The monoisotopic (exact) mass is 299 g/mol. The summed E-state index contributed by atoms with van der Waals surface area (Å²) in [4.78, 5) is 0. The first-order valence-corrected chi connectivity index (χ1v) is 7.34. The Kier molecular flexibility index (Phi) is 3.70. The summed E-state index contributed by atoms with van der Waals surface area (Å²) in [5, 5.41) is 10.0. The fourth-order valence-corrected chi connectivity index (χ4v) is 2.89. The van der Waals surface area contributed by atoms with Gasteiger partial charge < -0.3 is 5.32 Å². The Labute approximate surface area is 129 Å². The van der Waals surface area contributed by atoms with E-state index < -0.39 is 0 Å². The molecule has 0 radical (unpaired) electrons. The molecule has 0 bridgehead atoms. The highest BCUT2D eigenvalue weighted by atomic mass is 35.5. The third-order valence-corrected chi connectivity index (χ3v) is 4.28. The van der Waals surface area contributed by atoms with Crippen LogP contribution in [0, 0.1) is 6.92 Å². The summed E-state index contributed by atoms with van der Waals surface area (Å²) >= 11 is 6.27. The van der Waals surface area contributed by atoms with Crippen LogP contribution in [0.1, 0.15) is 22.9 Å². The van der Waals surface area contributed by atoms with Crippen LogP contribution in [0.5, 0.6) is 0 Å². The minimum Gasteiger partial charge on any atom is -0.308 e. The van der Waals surface area contributed by atoms with Crippen molar-refractivity contribution in [3.8, 4) is 0 Å². The summed E-state index contributed by atoms with van der Waals surface area (Å²) in [6.45, 7) is 2.01. The van der Waals surface area contributed by atoms with E-state index in [0.717, 1.165) is 32.7 Å². The van der Waals surface area contributed by atoms with Crippen LogP contribution in [0.25, 0.3) is 10.9 Å². The molecule has 1 unspecified atom stereocenters. The third-order valence-electron chi connectivity index (χ3n) is 3.88. The number of fused-ring (bicyclic) bond motifs is 1. The van der Waals surface area contributed by atoms with Gasteiger partial charge in [-0.2, -0.15) is 5.10 Å². The lowest BCUT2D eigenvalue weighted by Crippen LogP contribution is -2.18. The van der Waals surface area contributed by atoms with Crippen LogP contribution < -0.4 is 5.32 Å². The van der Waals surface area contributed by atoms with E-state index in [1.165, 1.54) is 0 Å². The van der Waals surface area contributed by atoms with Crippen molar-refractivity contribution in [3.05, 3.63) is 64.3 Å². The molecule has 1 N–H and O–H groups in total. The average Bonchev–Trinajstić information content (AvgIpc) is 2.82. The number of aromatic nitrogens is 2. The highest BCUT2D eigenvalue weighted by Gasteiger charge is 2.19. The van der Waals surface area contributed by atoms with Crippen molar-refractivity contribution in [1.82, 2.24) is 15.1 Å². The molecular formula is C17H18ClN3. The van der Waals surface area contributed by atoms with E-state index in [0.29, 0.717) is 0 Å². The number of benzene rings is 2. The van der Waals surface area contributed by atoms with Gasteiger partial charge in [-0.1, -0.05) is 41.9 Å². The topological polar surface area (TPSA) is 29.9 Å². The fraction of sp³-hybridized carbons (Fsp3) is 0.235. The molecule has 0 aliphatic rings. The van der Waals surface area contributed by atoms with E-state index in [-0.39, 0.29) is 6.04 Å². The maximum atomic E-state index is 6.27. The van der Waals surface area contributed by atoms with E-state index in [1.54, 1.807) is 0 Å². The van der Waals surface area contributed by atoms with Crippen LogP contribution in [0.2, 0.25) is 5.02 Å². The van der Waals surface area contributed by atoms with Gasteiger partial charge in [0.2, 0.25) is 0 Å². The van der Waals surface area contributed by atoms with Crippen molar-refractivity contribution in [2.45, 2.75) is 13.0 Å². The van der Waals surface area contributed by atoms with Crippen LogP contribution >= 0.6 is 11.6 Å². The first-order chi connectivity index (χ1) is 10.1. The summed E-state index contributed by atoms with van der Waals surface area (Å²) in [6.07, 6.45) is 0. The lowest BCUT2D eigenvalue weighted by Gasteiger charge is -2.16. The summed E-state index contributed by atoms with van der Waals surface area (Å²) < 4.78 is 1.92. The lowest BCUT2D eigenvalue weighted by atomic mass is 10.00. The van der Waals surface area contributed by atoms with Crippen molar-refractivity contribution in [2.24, 2.45) is 7.05 Å². The Morgan fingerprint density at radius 1 is 1.19 bits per heavy atom. The molecule has 2 aromatic carbocycles. The van der Waals surface area contributed by atoms with Crippen LogP contribution in [0.15, 0.2) is 42.5 Å². The molecule has 0 aliphatic carbocycles. The predicted molar refractivity (Wildman–Crippen MR) is 87.8 cm³/mol. The van der Waals surface area contributed by atoms with E-state index in [1.807, 2.05) is 50.0 Å². The van der Waals surface area contributed by atoms with E-state index in [9.17, 15) is 0 Å². The van der Waals surface area contributed by atoms with Gasteiger partial charge in [-0.05, 0) is 37.2 Å². The number of halogens is 1. The van der Waals surface area contributed by atoms with Crippen molar-refractivity contribution in [3.63, 3.8) is 0 Å². The van der Waals surface area contributed by atoms with Gasteiger partial charge in [0.1, 0.15) is 0 Å². The van der Waals surface area contributed by atoms with Crippen molar-refractivity contribution in [1.29, 1.82) is 0 Å². The van der Waals surface area contributed by atoms with Gasteiger partial charge in [0.05, 0.1) is 17.3 Å². The number of rotatable bonds is 3. The number of nitrogens with one attached hydrogen (secondary N) is 1. The number of nitrogens with zero attached hydrogens (tertiary/aromatic N) is 2. The van der Waals surface area contributed by atoms with Gasteiger partial charge in [-0.15, -0.1) is 0 Å². The minimum atomic E-state index is 0.0224. The second kappa shape index (κ2) is 5.51. The van der Waals surface area contributed by atoms with Crippen molar-refractivity contribution in [2.75, 3.05) is 7.05 Å². The molecule has 4 heteroatoms. The molecule has 108 valence electrons. The van der Waals surface area contributed by atoms with Gasteiger partial charge in [0.25, 0.3) is 0 Å². The summed E-state index contributed by atoms with van der Waals surface area (Å²) in [6, 6.07) is 14.5. The van der Waals surface area contributed by atoms with E-state index >= 15 is 0 Å². The predicted octanol–water partition coefficient (Wildman–Crippen LogP) is 3.84. The average molecular weight is 300 g/mol. The van der Waals surface area contributed by atoms with Gasteiger partial charge >= 0.3 is 0 Å². The Morgan fingerprint density at radius 2 is 1.95 bits per heavy atom. The molecule has 3 aromatic rings. The zero-order valence-electron chi connectivity index (χ0n) is 12.4. The molecule has 0 aliphatic heterocycles. The molecular weight excluding hydrogens is 282 g/mol. The lowest BCUT2D eigenvalue weighted by molar-refractivity contribution is 0.648. The Balaban J connectivity index is 2.16. The molecule has 1 atom stereocenters. The summed E-state index contributed by atoms with van der Waals surface area (Å²) in [5.41, 5.74) is 4.36. The highest BCUT2D eigenvalue weighted by molar-refractivity contribution is 6.31. The summed E-state index contributed by atoms with van der Waals surface area (Å²) in [5.74, 6) is 0. The zero-order chi connectivity index (χ0) is 15.0. The maximum Gasteiger partial charge on any atom is 0.0917 e. The van der Waals surface area contributed by atoms with Crippen LogP contribution in [-0.4, -0.2) is 16.8 Å². The Hall–Kier alpha value is -1.84. The van der Waals surface area contributed by atoms with Crippen molar-refractivity contribution >= 4 is 22.5 Å². The second-order valence-corrected chi connectivity index (χ2v) is 5.66. The molecule has 3 nitrogen and oxygen atoms in total. The molecule has 0 spiro atoms. The minimum absolute atomic E-state index is 0.0224. The van der Waals surface area contributed by atoms with E-state index in [2.05, 4.69) is 23.5 Å². The standard InChI is InChI=1S/C17H18ClN3/c1-11-8-9-12(10-14(11)18)16(19-2)17-13-6-4-5-7-15(13)21(3)20-17/h4-10,16,19H,1-3H3. The van der Waals surface area contributed by atoms with Crippen molar-refractivity contribution < 1.29 is 0 Å². The molecule has 0 fully saturated rings. The molecule has 3 rings (SSSR count). The SMILES string of the molecule is CNC(c1ccc(C)c(Cl)c1)c1nn(C)c2ccccc12. The number of hydrogen-bond acceptors (Lipinski definition) is 2. The fourth-order valence-electron chi connectivity index (χ4n) is 2.70. The Morgan fingerprint density at radius 3 is 2.67 bits per heavy atom. The molecule has 21 heavy (non-hydrogen) atoms. The number of hydrogen-bond donors (Lipinski definition) is 1. The smallest absolute Gasteiger partial charge is 0.0917 e. The van der Waals surface area contributed by atoms with Gasteiger partial charge in [0.15, 0.2) is 0 Å². The Bertz CT molecular complexity index is 792. The summed E-state index contributed by atoms with van der Waals surface area (Å²) in [7, 11) is 3.92. The van der Waals surface area contributed by atoms with Gasteiger partial charge in [-0.25, -0.2) is 0 Å². The maximum absolute atomic E-state index is 6.27. The number of aryl methyl sites for hydroxylation is 2. The second-order valence-electron chi connectivity index (χ2n) is 5.26. The quantitative estimate of drug-likeness (QED) is 0.796. The molecule has 0 saturated carbocycles. The zero-order valence-corrected chi connectivity index (χ0v) is 13.1. The van der Waals surface area contributed by atoms with Crippen LogP contribution in [-0.2, 0) is 7.05 Å². The highest BCUT2D eigenvalue weighted by Crippen LogP contribution is 2.29. The van der Waals surface area contributed by atoms with E-state index in [4.69, 9.17) is 16.7 Å². The van der Waals surface area contributed by atoms with Crippen LogP contribution in [0.4, 0.5) is 0 Å². The molecule has 1 aromatic heterocycles.